The highest BCUT2D eigenvalue weighted by Crippen LogP contribution is 2.52. The van der Waals surface area contributed by atoms with Gasteiger partial charge in [-0.05, 0) is 132 Å². The van der Waals surface area contributed by atoms with Gasteiger partial charge in [-0.3, -0.25) is 9.59 Å². The highest BCUT2D eigenvalue weighted by atomic mass is 31.2. The Balaban J connectivity index is 0.000000218. The molecule has 2 aromatic carbocycles. The number of anilines is 2. The van der Waals surface area contributed by atoms with E-state index >= 15 is 0 Å². The van der Waals surface area contributed by atoms with Gasteiger partial charge in [-0.25, -0.2) is 33.9 Å². The van der Waals surface area contributed by atoms with Gasteiger partial charge in [-0.2, -0.15) is 10.5 Å². The van der Waals surface area contributed by atoms with Crippen LogP contribution in [0.25, 0.3) is 22.1 Å². The van der Waals surface area contributed by atoms with Crippen molar-refractivity contribution in [1.82, 2.24) is 43.1 Å². The molecule has 2 saturated heterocycles. The number of hydrogen-bond donors (Lipinski definition) is 3. The van der Waals surface area contributed by atoms with Crippen molar-refractivity contribution in [2.45, 2.75) is 209 Å². The molecule has 1 unspecified atom stereocenters. The van der Waals surface area contributed by atoms with Gasteiger partial charge in [0.15, 0.2) is 8.45 Å². The highest BCUT2D eigenvalue weighted by molar-refractivity contribution is 7.47. The lowest BCUT2D eigenvalue weighted by Gasteiger charge is -2.45. The number of nitrogens with zero attached hydrogens (tertiary/aromatic N) is 11. The maximum absolute atomic E-state index is 12.7. The van der Waals surface area contributed by atoms with Crippen molar-refractivity contribution in [2.75, 3.05) is 23.8 Å². The molecular weight excluding hydrogens is 1120 g/mol. The molecule has 0 aliphatic carbocycles. The van der Waals surface area contributed by atoms with Crippen LogP contribution < -0.4 is 10.6 Å². The van der Waals surface area contributed by atoms with Crippen LogP contribution in [0.5, 0.6) is 0 Å². The van der Waals surface area contributed by atoms with E-state index in [1.165, 1.54) is 12.7 Å². The second-order valence-electron chi connectivity index (χ2n) is 22.4. The number of rotatable bonds is 25. The number of carbonyl (C=O) groups is 2. The lowest BCUT2D eigenvalue weighted by atomic mass is 10.1. The molecule has 2 fully saturated rings. The molecule has 0 saturated carbocycles. The number of amides is 2. The second kappa shape index (κ2) is 33.3. The van der Waals surface area contributed by atoms with Crippen molar-refractivity contribution < 1.29 is 37.7 Å². The van der Waals surface area contributed by atoms with Crippen LogP contribution in [0.3, 0.4) is 0 Å². The fourth-order valence-corrected chi connectivity index (χ4v) is 14.7. The number of nitrogens with one attached hydrogen (secondary N) is 2. The van der Waals surface area contributed by atoms with Crippen LogP contribution in [-0.4, -0.2) is 134 Å². The summed E-state index contributed by atoms with van der Waals surface area (Å²) in [5, 5.41) is 35.1. The first-order chi connectivity index (χ1) is 40.7. The van der Waals surface area contributed by atoms with Crippen molar-refractivity contribution in [3.05, 3.63) is 109 Å². The molecule has 3 N–H and O–H groups in total. The minimum absolute atomic E-state index is 0.128. The van der Waals surface area contributed by atoms with Crippen molar-refractivity contribution >= 4 is 62.5 Å². The van der Waals surface area contributed by atoms with Gasteiger partial charge < -0.3 is 47.9 Å². The van der Waals surface area contributed by atoms with Gasteiger partial charge in [-0.1, -0.05) is 50.2 Å². The summed E-state index contributed by atoms with van der Waals surface area (Å²) in [6, 6.07) is 28.2. The first-order valence-electron chi connectivity index (χ1n) is 29.7. The summed E-state index contributed by atoms with van der Waals surface area (Å²) in [7, 11) is -2.23. The molecule has 23 heteroatoms. The zero-order chi connectivity index (χ0) is 61.9. The summed E-state index contributed by atoms with van der Waals surface area (Å²) in [5.74, 6) is 0.444. The second-order valence-corrected chi connectivity index (χ2v) is 25.5. The molecule has 2 aliphatic rings. The lowest BCUT2D eigenvalue weighted by Crippen LogP contribution is -2.43. The minimum Gasteiger partial charge on any atom is -0.390 e. The molecule has 460 valence electrons. The minimum atomic E-state index is -1.39. The maximum Gasteiger partial charge on any atom is 0.259 e. The molecule has 6 aromatic rings. The summed E-state index contributed by atoms with van der Waals surface area (Å²) < 4.78 is 42.3. The predicted molar refractivity (Wildman–Crippen MR) is 335 cm³/mol. The van der Waals surface area contributed by atoms with Gasteiger partial charge in [0.2, 0.25) is 0 Å². The number of carbonyl (C=O) groups excluding carboxylic acids is 2. The molecule has 0 bridgehead atoms. The van der Waals surface area contributed by atoms with Crippen LogP contribution in [0, 0.1) is 22.7 Å². The summed E-state index contributed by atoms with van der Waals surface area (Å²) >= 11 is 0. The van der Waals surface area contributed by atoms with E-state index in [9.17, 15) is 14.7 Å². The quantitative estimate of drug-likeness (QED) is 0.0356. The number of fused-ring (bicyclic) bond motifs is 2. The fourth-order valence-electron chi connectivity index (χ4n) is 10.6. The molecular formula is C62H89N13O8P2. The van der Waals surface area contributed by atoms with Crippen molar-refractivity contribution in [3.63, 3.8) is 0 Å². The normalized spacial score (nSPS) is 19.1. The number of aliphatic hydroxyl groups excluding tert-OH is 1. The Kier molecular flexibility index (Phi) is 26.7. The first-order valence-corrected chi connectivity index (χ1v) is 32.0. The van der Waals surface area contributed by atoms with E-state index in [4.69, 9.17) is 33.6 Å². The van der Waals surface area contributed by atoms with Crippen LogP contribution in [0.4, 0.5) is 11.6 Å². The lowest BCUT2D eigenvalue weighted by molar-refractivity contribution is -0.0180. The molecule has 2 aliphatic heterocycles. The Bertz CT molecular complexity index is 3050. The number of nitriles is 2. The number of aliphatic hydroxyl groups is 1. The summed E-state index contributed by atoms with van der Waals surface area (Å²) in [4.78, 5) is 42.5. The number of hydrogen-bond acceptors (Lipinski definition) is 17. The highest BCUT2D eigenvalue weighted by Gasteiger charge is 2.41. The van der Waals surface area contributed by atoms with Crippen molar-refractivity contribution in [3.8, 4) is 12.1 Å². The van der Waals surface area contributed by atoms with E-state index in [1.807, 2.05) is 77.0 Å². The molecule has 8 rings (SSSR count). The summed E-state index contributed by atoms with van der Waals surface area (Å²) in [5.41, 5.74) is 2.45. The molecule has 21 nitrogen and oxygen atoms in total. The third-order valence-electron chi connectivity index (χ3n) is 14.2. The number of aromatic nitrogens is 6. The van der Waals surface area contributed by atoms with Crippen LogP contribution in [0.1, 0.15) is 169 Å². The average Bonchev–Trinajstić information content (AvgIpc) is 1.89. The Morgan fingerprint density at radius 1 is 0.612 bits per heavy atom. The average molecular weight is 1210 g/mol. The van der Waals surface area contributed by atoms with E-state index in [-0.39, 0.29) is 54.7 Å². The van der Waals surface area contributed by atoms with Crippen molar-refractivity contribution in [1.29, 1.82) is 10.5 Å². The topological polar surface area (TPSA) is 243 Å². The van der Waals surface area contributed by atoms with E-state index in [1.54, 1.807) is 24.3 Å². The van der Waals surface area contributed by atoms with E-state index in [2.05, 4.69) is 147 Å². The largest absolute Gasteiger partial charge is 0.390 e. The van der Waals surface area contributed by atoms with Gasteiger partial charge in [0.25, 0.3) is 20.3 Å². The summed E-state index contributed by atoms with van der Waals surface area (Å²) in [6.45, 7) is 31.1. The van der Waals surface area contributed by atoms with Crippen LogP contribution >= 0.6 is 17.0 Å². The van der Waals surface area contributed by atoms with E-state index < -0.39 is 23.1 Å². The molecule has 85 heavy (non-hydrogen) atoms. The van der Waals surface area contributed by atoms with Gasteiger partial charge in [-0.15, -0.1) is 0 Å². The SMILES string of the molecule is CC(C)N(C(C)C)P(OCCC#N)N(C(C)C)C(C)C.CC[C@H]1O[C@@H](n2ccc3c(NC(=O)c4ccccc4)ncnc32)C[C@H]1O.CC[C@H]1O[C@@H](n2ccc3c(NC(=O)c4ccccc4)ncnc32)C[C@H]1OP(OCCC#N)N(C(C)C)C(C)C. The number of ether oxygens (including phenoxy) is 2. The maximum atomic E-state index is 12.7. The zero-order valence-corrected chi connectivity index (χ0v) is 53.7. The molecule has 7 atom stereocenters. The van der Waals surface area contributed by atoms with Gasteiger partial charge in [0, 0.05) is 72.6 Å². The van der Waals surface area contributed by atoms with Crippen LogP contribution in [0.15, 0.2) is 97.8 Å². The first kappa shape index (κ1) is 68.2. The standard InChI is InChI=1S/C28H37N6O4P.C19H20N4O3.C15H32N3OP/c1-6-23-24(38-39(36-16-10-14-29)34(19(2)3)20(4)5)17-25(37-23)33-15-13-22-26(30-18-31-27(22)33)32-28(35)21-11-8-7-9-12-21;1-2-15-14(24)10-16(26-15)23-9-8-13-17(20-11-21-18(13)23)22-19(25)12-6-4-3-5-7-12;1-12(2)17(13(3)4)20(19-11-9-10-16)18(14(5)6)15(7)8/h7-9,11-13,15,18-20,23-25H,6,10,16-17H2,1-5H3,(H,30,31,32,35);3-9,11,14-16,24H,2,10H2,1H3,(H,20,21,22,25);12-15H,9,11H2,1-8H3/t23-,24-,25-,39?;14-,15-,16-;/m11./s1. The Hall–Kier alpha value is -5.90. The smallest absolute Gasteiger partial charge is 0.259 e. The van der Waals surface area contributed by atoms with Gasteiger partial charge in [0.05, 0.1) is 73.4 Å². The fraction of sp³-hybridized carbons (Fsp3) is 0.548. The monoisotopic (exact) mass is 1210 g/mol. The van der Waals surface area contributed by atoms with E-state index in [0.29, 0.717) is 97.1 Å². The van der Waals surface area contributed by atoms with Crippen molar-refractivity contribution in [2.24, 2.45) is 0 Å². The van der Waals surface area contributed by atoms with Crippen LogP contribution in [0.2, 0.25) is 0 Å². The Morgan fingerprint density at radius 2 is 1.02 bits per heavy atom. The predicted octanol–water partition coefficient (Wildman–Crippen LogP) is 13.2. The third-order valence-corrected chi connectivity index (χ3v) is 19.4. The molecule has 0 radical (unpaired) electrons. The molecule has 2 amide bonds. The third kappa shape index (κ3) is 18.1. The summed E-state index contributed by atoms with van der Waals surface area (Å²) in [6.07, 6.45) is 8.51. The van der Waals surface area contributed by atoms with Crippen LogP contribution in [-0.2, 0) is 23.0 Å². The van der Waals surface area contributed by atoms with Gasteiger partial charge >= 0.3 is 0 Å². The Morgan fingerprint density at radius 3 is 1.42 bits per heavy atom. The molecule has 4 aromatic heterocycles. The number of benzene rings is 2. The van der Waals surface area contributed by atoms with Gasteiger partial charge in [0.1, 0.15) is 48.0 Å². The molecule has 6 heterocycles. The van der Waals surface area contributed by atoms with E-state index in [0.717, 1.165) is 23.6 Å². The zero-order valence-electron chi connectivity index (χ0n) is 51.9. The Labute approximate surface area is 505 Å². The molecule has 0 spiro atoms.